The summed E-state index contributed by atoms with van der Waals surface area (Å²) in [5, 5.41) is 0. The molecule has 0 unspecified atom stereocenters. The van der Waals surface area contributed by atoms with Crippen molar-refractivity contribution in [1.29, 1.82) is 0 Å². The van der Waals surface area contributed by atoms with Gasteiger partial charge in [0.05, 0.1) is 6.61 Å². The summed E-state index contributed by atoms with van der Waals surface area (Å²) >= 11 is 0. The second-order valence-electron chi connectivity index (χ2n) is 5.65. The number of ether oxygens (including phenoxy) is 1. The molecule has 0 aliphatic rings. The molecule has 0 aliphatic carbocycles. The molecule has 0 aliphatic heterocycles. The zero-order valence-corrected chi connectivity index (χ0v) is 12.7. The van der Waals surface area contributed by atoms with Crippen molar-refractivity contribution in [2.24, 2.45) is 5.92 Å². The Morgan fingerprint density at radius 1 is 0.952 bits per heavy atom. The fourth-order valence-corrected chi connectivity index (χ4v) is 2.18. The number of hydrogen-bond donors (Lipinski definition) is 0. The van der Waals surface area contributed by atoms with Crippen LogP contribution in [-0.4, -0.2) is 12.9 Å². The van der Waals surface area contributed by atoms with Crippen LogP contribution < -0.4 is 4.74 Å². The molecule has 0 amide bonds. The Balaban J connectivity index is 1.93. The Bertz CT molecular complexity index is 553. The number of hydrogen-bond acceptors (Lipinski definition) is 2. The molecule has 2 rings (SSSR count). The Hall–Kier alpha value is -2.09. The van der Waals surface area contributed by atoms with E-state index in [0.29, 0.717) is 5.56 Å². The van der Waals surface area contributed by atoms with E-state index in [1.54, 1.807) is 0 Å². The Morgan fingerprint density at radius 3 is 2.05 bits per heavy atom. The van der Waals surface area contributed by atoms with Gasteiger partial charge < -0.3 is 4.74 Å². The van der Waals surface area contributed by atoms with E-state index < -0.39 is 0 Å². The van der Waals surface area contributed by atoms with Gasteiger partial charge in [-0.3, -0.25) is 4.79 Å². The van der Waals surface area contributed by atoms with Crippen LogP contribution in [0.1, 0.15) is 37.0 Å². The van der Waals surface area contributed by atoms with Crippen molar-refractivity contribution in [3.63, 3.8) is 0 Å². The maximum atomic E-state index is 10.6. The van der Waals surface area contributed by atoms with Crippen LogP contribution in [0.25, 0.3) is 11.1 Å². The van der Waals surface area contributed by atoms with Gasteiger partial charge >= 0.3 is 0 Å². The van der Waals surface area contributed by atoms with Gasteiger partial charge in [-0.25, -0.2) is 0 Å². The molecule has 0 heterocycles. The van der Waals surface area contributed by atoms with Crippen molar-refractivity contribution in [2.75, 3.05) is 6.61 Å². The molecule has 0 spiro atoms. The maximum absolute atomic E-state index is 10.6. The second kappa shape index (κ2) is 7.63. The summed E-state index contributed by atoms with van der Waals surface area (Å²) in [4.78, 5) is 10.6. The summed E-state index contributed by atoms with van der Waals surface area (Å²) in [6, 6.07) is 15.7. The van der Waals surface area contributed by atoms with Gasteiger partial charge in [0.1, 0.15) is 12.0 Å². The first-order chi connectivity index (χ1) is 10.2. The van der Waals surface area contributed by atoms with Crippen LogP contribution in [0.15, 0.2) is 48.5 Å². The van der Waals surface area contributed by atoms with E-state index in [0.717, 1.165) is 42.1 Å². The molecule has 2 nitrogen and oxygen atoms in total. The monoisotopic (exact) mass is 282 g/mol. The summed E-state index contributed by atoms with van der Waals surface area (Å²) < 4.78 is 5.74. The zero-order chi connectivity index (χ0) is 15.1. The normalized spacial score (nSPS) is 10.6. The van der Waals surface area contributed by atoms with Gasteiger partial charge in [-0.15, -0.1) is 0 Å². The molecule has 110 valence electrons. The molecule has 0 saturated carbocycles. The van der Waals surface area contributed by atoms with Crippen molar-refractivity contribution in [1.82, 2.24) is 0 Å². The number of rotatable bonds is 7. The second-order valence-corrected chi connectivity index (χ2v) is 5.65. The number of carbonyl (C=O) groups is 1. The predicted octanol–water partition coefficient (Wildman–Crippen LogP) is 4.98. The Morgan fingerprint density at radius 2 is 1.52 bits per heavy atom. The molecule has 0 atom stereocenters. The van der Waals surface area contributed by atoms with Crippen molar-refractivity contribution in [3.8, 4) is 16.9 Å². The van der Waals surface area contributed by atoms with Crippen LogP contribution in [-0.2, 0) is 0 Å². The zero-order valence-electron chi connectivity index (χ0n) is 12.7. The molecule has 21 heavy (non-hydrogen) atoms. The van der Waals surface area contributed by atoms with E-state index in [-0.39, 0.29) is 0 Å². The van der Waals surface area contributed by atoms with Gasteiger partial charge in [-0.2, -0.15) is 0 Å². The average molecular weight is 282 g/mol. The minimum absolute atomic E-state index is 0.698. The molecule has 0 saturated heterocycles. The third-order valence-electron chi connectivity index (χ3n) is 3.43. The van der Waals surface area contributed by atoms with E-state index >= 15 is 0 Å². The Labute approximate surface area is 126 Å². The molecule has 0 radical (unpaired) electrons. The van der Waals surface area contributed by atoms with Crippen molar-refractivity contribution < 1.29 is 9.53 Å². The van der Waals surface area contributed by atoms with Gasteiger partial charge in [0, 0.05) is 5.56 Å². The minimum atomic E-state index is 0.698. The van der Waals surface area contributed by atoms with Crippen LogP contribution in [0.5, 0.6) is 5.75 Å². The first-order valence-corrected chi connectivity index (χ1v) is 7.47. The highest BCUT2D eigenvalue weighted by molar-refractivity contribution is 5.76. The van der Waals surface area contributed by atoms with Gasteiger partial charge in [0.2, 0.25) is 0 Å². The SMILES string of the molecule is CC(C)CCCOc1ccc(-c2ccc(C=O)cc2)cc1. The maximum Gasteiger partial charge on any atom is 0.150 e. The van der Waals surface area contributed by atoms with Crippen LogP contribution in [0.3, 0.4) is 0 Å². The van der Waals surface area contributed by atoms with E-state index in [9.17, 15) is 4.79 Å². The summed E-state index contributed by atoms with van der Waals surface area (Å²) in [5.41, 5.74) is 2.93. The molecule has 0 aromatic heterocycles. The Kier molecular flexibility index (Phi) is 5.56. The molecular formula is C19H22O2. The van der Waals surface area contributed by atoms with Crippen LogP contribution >= 0.6 is 0 Å². The first kappa shape index (κ1) is 15.3. The van der Waals surface area contributed by atoms with Gasteiger partial charge in [-0.1, -0.05) is 50.2 Å². The highest BCUT2D eigenvalue weighted by Crippen LogP contribution is 2.22. The van der Waals surface area contributed by atoms with E-state index in [2.05, 4.69) is 13.8 Å². The number of carbonyl (C=O) groups excluding carboxylic acids is 1. The lowest BCUT2D eigenvalue weighted by molar-refractivity contribution is 0.112. The summed E-state index contributed by atoms with van der Waals surface area (Å²) in [5.74, 6) is 1.64. The van der Waals surface area contributed by atoms with E-state index in [4.69, 9.17) is 4.74 Å². The lowest BCUT2D eigenvalue weighted by atomic mass is 10.0. The van der Waals surface area contributed by atoms with Crippen molar-refractivity contribution >= 4 is 6.29 Å². The summed E-state index contributed by atoms with van der Waals surface area (Å²) in [6.07, 6.45) is 3.14. The minimum Gasteiger partial charge on any atom is -0.494 e. The quantitative estimate of drug-likeness (QED) is 0.528. The van der Waals surface area contributed by atoms with Crippen LogP contribution in [0.4, 0.5) is 0 Å². The van der Waals surface area contributed by atoms with Crippen LogP contribution in [0, 0.1) is 5.92 Å². The summed E-state index contributed by atoms with van der Waals surface area (Å²) in [6.45, 7) is 5.22. The lowest BCUT2D eigenvalue weighted by Crippen LogP contribution is -1.99. The van der Waals surface area contributed by atoms with E-state index in [1.807, 2.05) is 48.5 Å². The standard InChI is InChI=1S/C19H22O2/c1-15(2)4-3-13-21-19-11-9-18(10-12-19)17-7-5-16(14-20)6-8-17/h5-12,14-15H,3-4,13H2,1-2H3. The first-order valence-electron chi connectivity index (χ1n) is 7.47. The molecule has 2 heteroatoms. The third kappa shape index (κ3) is 4.75. The largest absolute Gasteiger partial charge is 0.494 e. The molecule has 0 bridgehead atoms. The smallest absolute Gasteiger partial charge is 0.150 e. The highest BCUT2D eigenvalue weighted by atomic mass is 16.5. The predicted molar refractivity (Wildman–Crippen MR) is 86.8 cm³/mol. The van der Waals surface area contributed by atoms with Crippen molar-refractivity contribution in [2.45, 2.75) is 26.7 Å². The number of aldehydes is 1. The van der Waals surface area contributed by atoms with Crippen LogP contribution in [0.2, 0.25) is 0 Å². The van der Waals surface area contributed by atoms with Gasteiger partial charge in [0.15, 0.2) is 0 Å². The highest BCUT2D eigenvalue weighted by Gasteiger charge is 2.00. The van der Waals surface area contributed by atoms with Gasteiger partial charge in [0.25, 0.3) is 0 Å². The fourth-order valence-electron chi connectivity index (χ4n) is 2.18. The molecular weight excluding hydrogens is 260 g/mol. The van der Waals surface area contributed by atoms with Gasteiger partial charge in [-0.05, 0) is 42.0 Å². The molecule has 2 aromatic rings. The lowest BCUT2D eigenvalue weighted by Gasteiger charge is -2.08. The average Bonchev–Trinajstić information content (AvgIpc) is 2.52. The topological polar surface area (TPSA) is 26.3 Å². The summed E-state index contributed by atoms with van der Waals surface area (Å²) in [7, 11) is 0. The molecule has 2 aromatic carbocycles. The molecule has 0 fully saturated rings. The molecule has 0 N–H and O–H groups in total. The van der Waals surface area contributed by atoms with E-state index in [1.165, 1.54) is 6.42 Å². The van der Waals surface area contributed by atoms with Crippen molar-refractivity contribution in [3.05, 3.63) is 54.1 Å². The third-order valence-corrected chi connectivity index (χ3v) is 3.43. The fraction of sp³-hybridized carbons (Fsp3) is 0.316. The number of benzene rings is 2.